The Hall–Kier alpha value is -2.73. The third-order valence-electron chi connectivity index (χ3n) is 4.10. The van der Waals surface area contributed by atoms with Gasteiger partial charge in [0.05, 0.1) is 20.8 Å². The van der Waals surface area contributed by atoms with Crippen LogP contribution in [0.3, 0.4) is 0 Å². The van der Waals surface area contributed by atoms with E-state index in [1.165, 1.54) is 0 Å². The van der Waals surface area contributed by atoms with Crippen LogP contribution >= 0.6 is 0 Å². The molecule has 2 rings (SSSR count). The molecule has 0 bridgehead atoms. The van der Waals surface area contributed by atoms with Gasteiger partial charge in [-0.05, 0) is 29.7 Å². The number of carbonyl (C=O) groups excluding carboxylic acids is 1. The quantitative estimate of drug-likeness (QED) is 0.625. The average molecular weight is 372 g/mol. The Kier molecular flexibility index (Phi) is 8.45. The molecular formula is C21H28N2O4. The summed E-state index contributed by atoms with van der Waals surface area (Å²) < 4.78 is 16.1. The van der Waals surface area contributed by atoms with Crippen molar-refractivity contribution in [3.8, 4) is 11.5 Å². The number of amides is 2. The van der Waals surface area contributed by atoms with E-state index in [9.17, 15) is 4.79 Å². The summed E-state index contributed by atoms with van der Waals surface area (Å²) in [7, 11) is 3.20. The van der Waals surface area contributed by atoms with E-state index in [-0.39, 0.29) is 6.03 Å². The van der Waals surface area contributed by atoms with Gasteiger partial charge in [-0.2, -0.15) is 0 Å². The summed E-state index contributed by atoms with van der Waals surface area (Å²) in [5.41, 5.74) is 3.01. The van der Waals surface area contributed by atoms with Crippen molar-refractivity contribution in [2.75, 3.05) is 20.8 Å². The average Bonchev–Trinajstić information content (AvgIpc) is 2.71. The molecule has 0 aliphatic carbocycles. The van der Waals surface area contributed by atoms with Crippen molar-refractivity contribution in [3.63, 3.8) is 0 Å². The summed E-state index contributed by atoms with van der Waals surface area (Å²) in [5.74, 6) is 1.38. The number of nitrogens with one attached hydrogen (secondary N) is 2. The normalized spacial score (nSPS) is 10.3. The van der Waals surface area contributed by atoms with Crippen LogP contribution in [0, 0.1) is 0 Å². The molecular weight excluding hydrogens is 344 g/mol. The van der Waals surface area contributed by atoms with Gasteiger partial charge in [0.1, 0.15) is 11.5 Å². The zero-order valence-electron chi connectivity index (χ0n) is 16.2. The fourth-order valence-electron chi connectivity index (χ4n) is 2.61. The Balaban J connectivity index is 1.87. The van der Waals surface area contributed by atoms with Crippen molar-refractivity contribution in [2.24, 2.45) is 0 Å². The molecule has 0 aromatic heterocycles. The topological polar surface area (TPSA) is 68.8 Å². The molecule has 146 valence electrons. The first-order valence-electron chi connectivity index (χ1n) is 9.05. The van der Waals surface area contributed by atoms with Gasteiger partial charge in [-0.15, -0.1) is 0 Å². The fraction of sp³-hybridized carbons (Fsp3) is 0.381. The third kappa shape index (κ3) is 6.49. The summed E-state index contributed by atoms with van der Waals surface area (Å²) in [6, 6.07) is 13.2. The van der Waals surface area contributed by atoms with Crippen LogP contribution in [0.2, 0.25) is 0 Å². The molecule has 0 aliphatic heterocycles. The first-order valence-corrected chi connectivity index (χ1v) is 9.05. The standard InChI is InChI=1S/C21H28N2O4/c1-4-11-27-15-18-8-6-5-7-16(18)13-22-21(24)23-14-17-9-10-19(25-2)12-20(17)26-3/h5-10,12H,4,11,13-15H2,1-3H3,(H2,22,23,24). The molecule has 6 nitrogen and oxygen atoms in total. The lowest BCUT2D eigenvalue weighted by Gasteiger charge is -2.13. The minimum atomic E-state index is -0.239. The molecule has 2 aromatic rings. The van der Waals surface area contributed by atoms with Crippen molar-refractivity contribution in [1.29, 1.82) is 0 Å². The number of benzene rings is 2. The molecule has 0 spiro atoms. The predicted octanol–water partition coefficient (Wildman–Crippen LogP) is 3.63. The Morgan fingerprint density at radius 2 is 1.63 bits per heavy atom. The summed E-state index contributed by atoms with van der Waals surface area (Å²) in [6.45, 7) is 4.16. The van der Waals surface area contributed by atoms with Gasteiger partial charge in [0, 0.05) is 31.3 Å². The SMILES string of the molecule is CCCOCc1ccccc1CNC(=O)NCc1ccc(OC)cc1OC. The number of hydrogen-bond donors (Lipinski definition) is 2. The van der Waals surface area contributed by atoms with Crippen LogP contribution in [0.1, 0.15) is 30.0 Å². The van der Waals surface area contributed by atoms with E-state index in [1.807, 2.05) is 36.4 Å². The maximum atomic E-state index is 12.2. The van der Waals surface area contributed by atoms with Crippen LogP contribution in [0.25, 0.3) is 0 Å². The molecule has 0 saturated carbocycles. The summed E-state index contributed by atoms with van der Waals surface area (Å²) in [6.07, 6.45) is 0.984. The molecule has 0 saturated heterocycles. The van der Waals surface area contributed by atoms with Gasteiger partial charge < -0.3 is 24.8 Å². The number of carbonyl (C=O) groups is 1. The highest BCUT2D eigenvalue weighted by Crippen LogP contribution is 2.24. The number of ether oxygens (including phenoxy) is 3. The molecule has 0 radical (unpaired) electrons. The molecule has 0 aliphatic rings. The molecule has 6 heteroatoms. The maximum absolute atomic E-state index is 12.2. The van der Waals surface area contributed by atoms with Gasteiger partial charge in [0.2, 0.25) is 0 Å². The van der Waals surface area contributed by atoms with Gasteiger partial charge in [-0.25, -0.2) is 4.79 Å². The second-order valence-corrected chi connectivity index (χ2v) is 6.04. The predicted molar refractivity (Wildman–Crippen MR) is 105 cm³/mol. The lowest BCUT2D eigenvalue weighted by atomic mass is 10.1. The monoisotopic (exact) mass is 372 g/mol. The number of rotatable bonds is 10. The van der Waals surface area contributed by atoms with E-state index in [2.05, 4.69) is 17.6 Å². The van der Waals surface area contributed by atoms with Crippen molar-refractivity contribution in [1.82, 2.24) is 10.6 Å². The fourth-order valence-corrected chi connectivity index (χ4v) is 2.61. The number of urea groups is 1. The van der Waals surface area contributed by atoms with E-state index < -0.39 is 0 Å². The molecule has 27 heavy (non-hydrogen) atoms. The van der Waals surface area contributed by atoms with Gasteiger partial charge in [0.25, 0.3) is 0 Å². The molecule has 2 aromatic carbocycles. The Morgan fingerprint density at radius 1 is 0.926 bits per heavy atom. The summed E-state index contributed by atoms with van der Waals surface area (Å²) in [5, 5.41) is 5.74. The Morgan fingerprint density at radius 3 is 2.30 bits per heavy atom. The van der Waals surface area contributed by atoms with E-state index in [0.717, 1.165) is 29.7 Å². The first-order chi connectivity index (χ1) is 13.2. The van der Waals surface area contributed by atoms with Gasteiger partial charge >= 0.3 is 6.03 Å². The van der Waals surface area contributed by atoms with Crippen LogP contribution < -0.4 is 20.1 Å². The van der Waals surface area contributed by atoms with Crippen LogP contribution in [-0.4, -0.2) is 26.9 Å². The van der Waals surface area contributed by atoms with Crippen LogP contribution in [0.15, 0.2) is 42.5 Å². The van der Waals surface area contributed by atoms with Crippen molar-refractivity contribution < 1.29 is 19.0 Å². The molecule has 0 heterocycles. The van der Waals surface area contributed by atoms with Crippen molar-refractivity contribution in [3.05, 3.63) is 59.2 Å². The van der Waals surface area contributed by atoms with E-state index in [0.29, 0.717) is 31.2 Å². The van der Waals surface area contributed by atoms with E-state index in [4.69, 9.17) is 14.2 Å². The highest BCUT2D eigenvalue weighted by Gasteiger charge is 2.08. The molecule has 2 amide bonds. The lowest BCUT2D eigenvalue weighted by Crippen LogP contribution is -2.34. The molecule has 0 fully saturated rings. The van der Waals surface area contributed by atoms with Gasteiger partial charge in [-0.3, -0.25) is 0 Å². The largest absolute Gasteiger partial charge is 0.497 e. The highest BCUT2D eigenvalue weighted by atomic mass is 16.5. The van der Waals surface area contributed by atoms with Crippen molar-refractivity contribution >= 4 is 6.03 Å². The van der Waals surface area contributed by atoms with Gasteiger partial charge in [0.15, 0.2) is 0 Å². The zero-order chi connectivity index (χ0) is 19.5. The number of methoxy groups -OCH3 is 2. The molecule has 0 unspecified atom stereocenters. The Bertz CT molecular complexity index is 734. The first kappa shape index (κ1) is 20.6. The van der Waals surface area contributed by atoms with E-state index in [1.54, 1.807) is 20.3 Å². The van der Waals surface area contributed by atoms with Crippen molar-refractivity contribution in [2.45, 2.75) is 33.0 Å². The van der Waals surface area contributed by atoms with Crippen LogP contribution in [0.4, 0.5) is 4.79 Å². The second kappa shape index (κ2) is 11.1. The smallest absolute Gasteiger partial charge is 0.315 e. The summed E-state index contributed by atoms with van der Waals surface area (Å²) in [4.78, 5) is 12.2. The number of hydrogen-bond acceptors (Lipinski definition) is 4. The summed E-state index contributed by atoms with van der Waals surface area (Å²) >= 11 is 0. The van der Waals surface area contributed by atoms with E-state index >= 15 is 0 Å². The third-order valence-corrected chi connectivity index (χ3v) is 4.10. The zero-order valence-corrected chi connectivity index (χ0v) is 16.2. The molecule has 0 atom stereocenters. The highest BCUT2D eigenvalue weighted by molar-refractivity contribution is 5.74. The molecule has 2 N–H and O–H groups in total. The Labute approximate surface area is 160 Å². The minimum Gasteiger partial charge on any atom is -0.497 e. The minimum absolute atomic E-state index is 0.239. The van der Waals surface area contributed by atoms with Crippen LogP contribution in [0.5, 0.6) is 11.5 Å². The van der Waals surface area contributed by atoms with Crippen LogP contribution in [-0.2, 0) is 24.4 Å². The lowest BCUT2D eigenvalue weighted by molar-refractivity contribution is 0.121. The maximum Gasteiger partial charge on any atom is 0.315 e. The van der Waals surface area contributed by atoms with Gasteiger partial charge in [-0.1, -0.05) is 31.2 Å². The second-order valence-electron chi connectivity index (χ2n) is 6.04.